The summed E-state index contributed by atoms with van der Waals surface area (Å²) in [6.45, 7) is 20.3. The summed E-state index contributed by atoms with van der Waals surface area (Å²) < 4.78 is 10.1. The van der Waals surface area contributed by atoms with Crippen molar-refractivity contribution in [2.75, 3.05) is 40.9 Å². The number of hydrogen-bond donors (Lipinski definition) is 1. The Hall–Kier alpha value is -1.89. The van der Waals surface area contributed by atoms with Gasteiger partial charge in [0.2, 0.25) is 0 Å². The van der Waals surface area contributed by atoms with Gasteiger partial charge in [-0.15, -0.1) is 0 Å². The smallest absolute Gasteiger partial charge is 0.333 e. The third-order valence-corrected chi connectivity index (χ3v) is 2.77. The first kappa shape index (κ1) is 34.6. The summed E-state index contributed by atoms with van der Waals surface area (Å²) >= 11 is 0. The van der Waals surface area contributed by atoms with Gasteiger partial charge in [-0.2, -0.15) is 0 Å². The highest BCUT2D eigenvalue weighted by Gasteiger charge is 2.17. The van der Waals surface area contributed by atoms with Gasteiger partial charge in [0.25, 0.3) is 0 Å². The Labute approximate surface area is 183 Å². The quantitative estimate of drug-likeness (QED) is 0.178. The van der Waals surface area contributed by atoms with Gasteiger partial charge in [-0.25, -0.2) is 9.59 Å². The number of ether oxygens (including phenoxy) is 2. The molecule has 0 bridgehead atoms. The van der Waals surface area contributed by atoms with Crippen LogP contribution in [0.2, 0.25) is 0 Å². The summed E-state index contributed by atoms with van der Waals surface area (Å²) in [7, 11) is 5.89. The van der Waals surface area contributed by atoms with Crippen molar-refractivity contribution in [1.29, 1.82) is 0 Å². The molecule has 0 aromatic rings. The Morgan fingerprint density at radius 2 is 1.55 bits per heavy atom. The molecule has 0 aliphatic carbocycles. The number of hydrogen-bond acceptors (Lipinski definition) is 5. The molecule has 0 rings (SSSR count). The second kappa shape index (κ2) is 20.8. The fourth-order valence-electron chi connectivity index (χ4n) is 1.36. The Balaban J connectivity index is -0.000000179. The predicted octanol–water partition coefficient (Wildman–Crippen LogP) is 0.441. The summed E-state index contributed by atoms with van der Waals surface area (Å²) in [4.78, 5) is 21.3. The van der Waals surface area contributed by atoms with Gasteiger partial charge in [-0.05, 0) is 20.3 Å². The van der Waals surface area contributed by atoms with E-state index in [1.807, 2.05) is 35.0 Å². The van der Waals surface area contributed by atoms with E-state index in [1.54, 1.807) is 13.0 Å². The van der Waals surface area contributed by atoms with Gasteiger partial charge in [0.1, 0.15) is 19.3 Å². The average molecular weight is 434 g/mol. The maximum absolute atomic E-state index is 11.0. The monoisotopic (exact) mass is 433 g/mol. The molecular weight excluding hydrogens is 394 g/mol. The standard InChI is InChI=1S/C10H20NO3.C7H12O2.C5H8.ClH/c1-8(2)10(13)14-7-9(12)6-11(3,4)5;1-3-5-6-9-7(8)4-2;1-4-5(2)3;/h9,12H,1,6-7H2,2-5H3;4H,2-3,5-6H2,1H3;4H,1-2H2,3H3;1H/q+1;;;/p-1. The normalized spacial score (nSPS) is 10.3. The van der Waals surface area contributed by atoms with Crippen molar-refractivity contribution < 1.29 is 41.1 Å². The van der Waals surface area contributed by atoms with Crippen molar-refractivity contribution >= 4 is 11.9 Å². The van der Waals surface area contributed by atoms with E-state index in [2.05, 4.69) is 31.1 Å². The predicted molar refractivity (Wildman–Crippen MR) is 116 cm³/mol. The molecule has 0 aromatic carbocycles. The van der Waals surface area contributed by atoms with Crippen LogP contribution in [0.3, 0.4) is 0 Å². The van der Waals surface area contributed by atoms with Crippen molar-refractivity contribution in [3.05, 3.63) is 49.6 Å². The Morgan fingerprint density at radius 3 is 1.86 bits per heavy atom. The van der Waals surface area contributed by atoms with Crippen LogP contribution >= 0.6 is 0 Å². The highest BCUT2D eigenvalue weighted by atomic mass is 35.5. The van der Waals surface area contributed by atoms with E-state index in [-0.39, 0.29) is 25.0 Å². The highest BCUT2D eigenvalue weighted by Crippen LogP contribution is 1.98. The summed E-state index contributed by atoms with van der Waals surface area (Å²) in [5.74, 6) is -0.783. The minimum absolute atomic E-state index is 0. The molecule has 1 unspecified atom stereocenters. The number of unbranched alkanes of at least 4 members (excludes halogenated alkanes) is 1. The van der Waals surface area contributed by atoms with Crippen LogP contribution in [0.15, 0.2) is 49.6 Å². The van der Waals surface area contributed by atoms with Crippen molar-refractivity contribution in [3.63, 3.8) is 0 Å². The number of rotatable bonds is 10. The van der Waals surface area contributed by atoms with Crippen LogP contribution < -0.4 is 12.4 Å². The number of aliphatic hydroxyl groups excluding tert-OH is 1. The molecule has 7 heteroatoms. The van der Waals surface area contributed by atoms with Crippen LogP contribution in [0.1, 0.15) is 33.6 Å². The summed E-state index contributed by atoms with van der Waals surface area (Å²) in [5.41, 5.74) is 1.37. The summed E-state index contributed by atoms with van der Waals surface area (Å²) in [5, 5.41) is 9.49. The lowest BCUT2D eigenvalue weighted by Gasteiger charge is -2.26. The zero-order chi connectivity index (χ0) is 22.8. The SMILES string of the molecule is C=C(C)C(=O)OCC(O)C[N+](C)(C)C.C=CC(=C)C.C=CC(=O)OCCCC.[Cl-]. The lowest BCUT2D eigenvalue weighted by Crippen LogP contribution is -3.00. The molecule has 0 saturated heterocycles. The van der Waals surface area contributed by atoms with Crippen LogP contribution in [0.5, 0.6) is 0 Å². The van der Waals surface area contributed by atoms with Crippen molar-refractivity contribution in [2.45, 2.75) is 39.7 Å². The molecule has 0 spiro atoms. The van der Waals surface area contributed by atoms with Crippen molar-refractivity contribution in [1.82, 2.24) is 0 Å². The van der Waals surface area contributed by atoms with Crippen molar-refractivity contribution in [2.24, 2.45) is 0 Å². The first-order valence-electron chi connectivity index (χ1n) is 9.18. The molecule has 1 N–H and O–H groups in total. The Bertz CT molecular complexity index is 510. The van der Waals surface area contributed by atoms with Crippen molar-refractivity contribution in [3.8, 4) is 0 Å². The molecule has 0 aromatic heterocycles. The first-order chi connectivity index (χ1) is 12.8. The Kier molecular flexibility index (Phi) is 24.9. The number of quaternary nitrogens is 1. The van der Waals surface area contributed by atoms with E-state index in [0.29, 0.717) is 23.2 Å². The van der Waals surface area contributed by atoms with Crippen LogP contribution in [0.4, 0.5) is 0 Å². The fraction of sp³-hybridized carbons (Fsp3) is 0.545. The number of carbonyl (C=O) groups is 2. The number of nitrogens with zero attached hydrogens (tertiary/aromatic N) is 1. The zero-order valence-corrected chi connectivity index (χ0v) is 19.8. The minimum atomic E-state index is -0.627. The van der Waals surface area contributed by atoms with E-state index in [1.165, 1.54) is 6.08 Å². The van der Waals surface area contributed by atoms with Crippen LogP contribution in [0, 0.1) is 0 Å². The molecule has 29 heavy (non-hydrogen) atoms. The lowest BCUT2D eigenvalue weighted by molar-refractivity contribution is -0.873. The maximum Gasteiger partial charge on any atom is 0.333 e. The molecule has 0 aliphatic rings. The van der Waals surface area contributed by atoms with Gasteiger partial charge in [0.05, 0.1) is 27.7 Å². The molecular formula is C22H40ClNO5. The molecule has 0 amide bonds. The van der Waals surface area contributed by atoms with Gasteiger partial charge in [-0.1, -0.05) is 51.3 Å². The minimum Gasteiger partial charge on any atom is -1.00 e. The number of likely N-dealkylation sites (N-methyl/N-ethyl adjacent to an activating group) is 1. The van der Waals surface area contributed by atoms with E-state index >= 15 is 0 Å². The zero-order valence-electron chi connectivity index (χ0n) is 19.0. The third-order valence-electron chi connectivity index (χ3n) is 2.77. The summed E-state index contributed by atoms with van der Waals surface area (Å²) in [6, 6.07) is 0. The van der Waals surface area contributed by atoms with Crippen LogP contribution in [-0.2, 0) is 19.1 Å². The summed E-state index contributed by atoms with van der Waals surface area (Å²) in [6.07, 6.45) is 4.25. The average Bonchev–Trinajstić information content (AvgIpc) is 2.59. The van der Waals surface area contributed by atoms with Gasteiger partial charge in [0.15, 0.2) is 0 Å². The number of carbonyl (C=O) groups excluding carboxylic acids is 2. The van der Waals surface area contributed by atoms with Gasteiger partial charge in [0, 0.05) is 11.6 Å². The lowest BCUT2D eigenvalue weighted by atomic mass is 10.3. The largest absolute Gasteiger partial charge is 1.00 e. The van der Waals surface area contributed by atoms with Crippen LogP contribution in [-0.4, -0.2) is 68.5 Å². The van der Waals surface area contributed by atoms with Crippen LogP contribution in [0.25, 0.3) is 0 Å². The first-order valence-corrected chi connectivity index (χ1v) is 9.18. The van der Waals surface area contributed by atoms with E-state index in [0.717, 1.165) is 18.4 Å². The molecule has 170 valence electrons. The Morgan fingerprint density at radius 1 is 1.07 bits per heavy atom. The topological polar surface area (TPSA) is 72.8 Å². The number of esters is 2. The molecule has 0 aliphatic heterocycles. The molecule has 6 nitrogen and oxygen atoms in total. The maximum atomic E-state index is 11.0. The highest BCUT2D eigenvalue weighted by molar-refractivity contribution is 5.86. The van der Waals surface area contributed by atoms with Gasteiger partial charge < -0.3 is 31.5 Å². The molecule has 0 fully saturated rings. The fourth-order valence-corrected chi connectivity index (χ4v) is 1.36. The molecule has 0 saturated carbocycles. The second-order valence-corrected chi connectivity index (χ2v) is 7.28. The van der Waals surface area contributed by atoms with E-state index in [9.17, 15) is 14.7 Å². The van der Waals surface area contributed by atoms with E-state index < -0.39 is 12.1 Å². The molecule has 0 heterocycles. The molecule has 0 radical (unpaired) electrons. The molecule has 1 atom stereocenters. The van der Waals surface area contributed by atoms with E-state index in [4.69, 9.17) is 4.74 Å². The second-order valence-electron chi connectivity index (χ2n) is 7.28. The number of halogens is 1. The van der Waals surface area contributed by atoms with Gasteiger partial charge >= 0.3 is 11.9 Å². The number of aliphatic hydroxyl groups is 1. The number of allylic oxidation sites excluding steroid dienone is 2. The third kappa shape index (κ3) is 34.1. The van der Waals surface area contributed by atoms with Gasteiger partial charge in [-0.3, -0.25) is 0 Å².